The molecule has 0 atom stereocenters. The molecule has 2 rings (SSSR count). The lowest BCUT2D eigenvalue weighted by atomic mass is 10.2. The Morgan fingerprint density at radius 3 is 2.70 bits per heavy atom. The van der Waals surface area contributed by atoms with Crippen LogP contribution in [0, 0.1) is 21.4 Å². The molecule has 9 heteroatoms. The molecule has 0 radical (unpaired) electrons. The van der Waals surface area contributed by atoms with E-state index in [-0.39, 0.29) is 24.4 Å². The average Bonchev–Trinajstić information content (AvgIpc) is 2.50. The highest BCUT2D eigenvalue weighted by Gasteiger charge is 2.13. The smallest absolute Gasteiger partial charge is 0.287 e. The van der Waals surface area contributed by atoms with Crippen molar-refractivity contribution in [2.75, 3.05) is 6.61 Å². The third kappa shape index (κ3) is 4.00. The highest BCUT2D eigenvalue weighted by atomic mass is 35.5. The van der Waals surface area contributed by atoms with Gasteiger partial charge in [-0.05, 0) is 18.2 Å². The molecule has 0 N–H and O–H groups in total. The summed E-state index contributed by atoms with van der Waals surface area (Å²) in [5.74, 6) is 0.370. The molecule has 0 saturated heterocycles. The Hall–Kier alpha value is -2.56. The number of aromatic nitrogens is 1. The molecule has 118 valence electrons. The van der Waals surface area contributed by atoms with Gasteiger partial charge in [-0.3, -0.25) is 14.9 Å². The standard InChI is InChI=1S/C14H9Cl2N3O4/c15-10-1-2-13(12(16)6-10)23-4-3-18-8-11(19(21)22)5-9(7-17)14(18)20/h1-2,5-6,8H,3-4H2. The predicted octanol–water partition coefficient (Wildman–Crippen LogP) is 3.01. The number of nitrogens with zero attached hydrogens (tertiary/aromatic N) is 3. The molecule has 0 saturated carbocycles. The summed E-state index contributed by atoms with van der Waals surface area (Å²) >= 11 is 11.7. The molecule has 0 unspecified atom stereocenters. The van der Waals surface area contributed by atoms with Gasteiger partial charge in [0, 0.05) is 11.1 Å². The van der Waals surface area contributed by atoms with Crippen molar-refractivity contribution in [3.05, 3.63) is 66.5 Å². The van der Waals surface area contributed by atoms with Crippen LogP contribution >= 0.6 is 23.2 Å². The summed E-state index contributed by atoms with van der Waals surface area (Å²) in [6, 6.07) is 7.25. The highest BCUT2D eigenvalue weighted by Crippen LogP contribution is 2.27. The first-order valence-electron chi connectivity index (χ1n) is 6.29. The molecule has 2 aromatic rings. The highest BCUT2D eigenvalue weighted by molar-refractivity contribution is 6.35. The lowest BCUT2D eigenvalue weighted by molar-refractivity contribution is -0.385. The van der Waals surface area contributed by atoms with E-state index in [9.17, 15) is 14.9 Å². The number of ether oxygens (including phenoxy) is 1. The number of rotatable bonds is 5. The third-order valence-electron chi connectivity index (χ3n) is 2.89. The van der Waals surface area contributed by atoms with E-state index < -0.39 is 10.5 Å². The van der Waals surface area contributed by atoms with Crippen molar-refractivity contribution in [2.45, 2.75) is 6.54 Å². The SMILES string of the molecule is N#Cc1cc([N+](=O)[O-])cn(CCOc2ccc(Cl)cc2Cl)c1=O. The number of hydrogen-bond acceptors (Lipinski definition) is 5. The van der Waals surface area contributed by atoms with Gasteiger partial charge >= 0.3 is 0 Å². The monoisotopic (exact) mass is 353 g/mol. The average molecular weight is 354 g/mol. The van der Waals surface area contributed by atoms with E-state index in [0.29, 0.717) is 15.8 Å². The Bertz CT molecular complexity index is 858. The fraction of sp³-hybridized carbons (Fsp3) is 0.143. The van der Waals surface area contributed by atoms with Gasteiger partial charge in [-0.2, -0.15) is 5.26 Å². The fourth-order valence-corrected chi connectivity index (χ4v) is 2.28. The van der Waals surface area contributed by atoms with E-state index in [2.05, 4.69) is 0 Å². The summed E-state index contributed by atoms with van der Waals surface area (Å²) in [5.41, 5.74) is -1.27. The van der Waals surface area contributed by atoms with E-state index in [4.69, 9.17) is 33.2 Å². The quantitative estimate of drug-likeness (QED) is 0.607. The third-order valence-corrected chi connectivity index (χ3v) is 3.42. The summed E-state index contributed by atoms with van der Waals surface area (Å²) in [6.07, 6.45) is 1.07. The molecule has 0 amide bonds. The molecular weight excluding hydrogens is 345 g/mol. The normalized spacial score (nSPS) is 10.1. The maximum atomic E-state index is 11.9. The van der Waals surface area contributed by atoms with Gasteiger partial charge in [0.25, 0.3) is 11.2 Å². The van der Waals surface area contributed by atoms with Crippen molar-refractivity contribution in [3.8, 4) is 11.8 Å². The minimum absolute atomic E-state index is 0.0220. The molecule has 1 aromatic carbocycles. The first-order valence-corrected chi connectivity index (χ1v) is 7.05. The molecule has 23 heavy (non-hydrogen) atoms. The Morgan fingerprint density at radius 1 is 1.35 bits per heavy atom. The van der Waals surface area contributed by atoms with E-state index in [1.807, 2.05) is 0 Å². The Balaban J connectivity index is 2.17. The van der Waals surface area contributed by atoms with Crippen LogP contribution in [0.4, 0.5) is 5.69 Å². The number of pyridine rings is 1. The second-order valence-corrected chi connectivity index (χ2v) is 5.25. The van der Waals surface area contributed by atoms with E-state index in [0.717, 1.165) is 16.8 Å². The van der Waals surface area contributed by atoms with E-state index in [1.54, 1.807) is 18.2 Å². The lowest BCUT2D eigenvalue weighted by Gasteiger charge is -2.10. The van der Waals surface area contributed by atoms with Crippen molar-refractivity contribution >= 4 is 28.9 Å². The molecule has 1 aromatic heterocycles. The molecule has 1 heterocycles. The first-order chi connectivity index (χ1) is 10.9. The number of hydrogen-bond donors (Lipinski definition) is 0. The predicted molar refractivity (Wildman–Crippen MR) is 84.0 cm³/mol. The number of nitro groups is 1. The summed E-state index contributed by atoms with van der Waals surface area (Å²) in [7, 11) is 0. The van der Waals surface area contributed by atoms with Crippen LogP contribution in [0.15, 0.2) is 35.3 Å². The first kappa shape index (κ1) is 16.8. The number of benzene rings is 1. The Labute approximate surface area is 140 Å². The largest absolute Gasteiger partial charge is 0.490 e. The van der Waals surface area contributed by atoms with Gasteiger partial charge in [0.15, 0.2) is 0 Å². The zero-order chi connectivity index (χ0) is 17.0. The van der Waals surface area contributed by atoms with Gasteiger partial charge < -0.3 is 9.30 Å². The topological polar surface area (TPSA) is 98.2 Å². The molecule has 0 aliphatic rings. The molecular formula is C14H9Cl2N3O4. The summed E-state index contributed by atoms with van der Waals surface area (Å²) in [6.45, 7) is 0.0570. The van der Waals surface area contributed by atoms with Crippen molar-refractivity contribution in [3.63, 3.8) is 0 Å². The van der Waals surface area contributed by atoms with E-state index >= 15 is 0 Å². The van der Waals surface area contributed by atoms with Crippen LogP contribution in [-0.2, 0) is 6.54 Å². The summed E-state index contributed by atoms with van der Waals surface area (Å²) in [4.78, 5) is 22.1. The van der Waals surface area contributed by atoms with Gasteiger partial charge in [0.05, 0.1) is 22.7 Å². The molecule has 7 nitrogen and oxygen atoms in total. The van der Waals surface area contributed by atoms with Gasteiger partial charge in [-0.25, -0.2) is 0 Å². The molecule has 0 bridgehead atoms. The van der Waals surface area contributed by atoms with Crippen molar-refractivity contribution < 1.29 is 9.66 Å². The summed E-state index contributed by atoms with van der Waals surface area (Å²) in [5, 5.41) is 20.5. The molecule has 0 fully saturated rings. The number of nitriles is 1. The Kier molecular flexibility index (Phi) is 5.21. The summed E-state index contributed by atoms with van der Waals surface area (Å²) < 4.78 is 6.48. The zero-order valence-electron chi connectivity index (χ0n) is 11.5. The molecule has 0 aliphatic carbocycles. The second-order valence-electron chi connectivity index (χ2n) is 4.40. The van der Waals surface area contributed by atoms with Crippen LogP contribution in [0.5, 0.6) is 5.75 Å². The Morgan fingerprint density at radius 2 is 2.09 bits per heavy atom. The van der Waals surface area contributed by atoms with Crippen LogP contribution in [0.1, 0.15) is 5.56 Å². The maximum Gasteiger partial charge on any atom is 0.287 e. The van der Waals surface area contributed by atoms with Crippen LogP contribution in [0.3, 0.4) is 0 Å². The zero-order valence-corrected chi connectivity index (χ0v) is 13.0. The van der Waals surface area contributed by atoms with E-state index in [1.165, 1.54) is 6.07 Å². The molecule has 0 spiro atoms. The minimum Gasteiger partial charge on any atom is -0.490 e. The van der Waals surface area contributed by atoms with Crippen LogP contribution in [-0.4, -0.2) is 16.1 Å². The minimum atomic E-state index is -0.673. The lowest BCUT2D eigenvalue weighted by Crippen LogP contribution is -2.25. The van der Waals surface area contributed by atoms with Crippen molar-refractivity contribution in [1.82, 2.24) is 4.57 Å². The van der Waals surface area contributed by atoms with Crippen LogP contribution in [0.25, 0.3) is 0 Å². The van der Waals surface area contributed by atoms with Crippen molar-refractivity contribution in [1.29, 1.82) is 5.26 Å². The van der Waals surface area contributed by atoms with Crippen LogP contribution in [0.2, 0.25) is 10.0 Å². The van der Waals surface area contributed by atoms with Gasteiger partial charge in [0.2, 0.25) is 0 Å². The number of halogens is 2. The van der Waals surface area contributed by atoms with Crippen molar-refractivity contribution in [2.24, 2.45) is 0 Å². The maximum absolute atomic E-state index is 11.9. The van der Waals surface area contributed by atoms with Crippen LogP contribution < -0.4 is 10.3 Å². The van der Waals surface area contributed by atoms with Gasteiger partial charge in [-0.1, -0.05) is 23.2 Å². The van der Waals surface area contributed by atoms with Gasteiger partial charge in [0.1, 0.15) is 24.0 Å². The van der Waals surface area contributed by atoms with Gasteiger partial charge in [-0.15, -0.1) is 0 Å². The molecule has 0 aliphatic heterocycles. The second kappa shape index (κ2) is 7.13. The fourth-order valence-electron chi connectivity index (χ4n) is 1.81.